The Balaban J connectivity index is 1.57. The molecule has 2 bridgehead atoms. The molecule has 6 nitrogen and oxygen atoms in total. The summed E-state index contributed by atoms with van der Waals surface area (Å²) in [4.78, 5) is 0. The van der Waals surface area contributed by atoms with Crippen molar-refractivity contribution >= 4 is 0 Å². The van der Waals surface area contributed by atoms with Crippen LogP contribution in [-0.2, 0) is 14.2 Å². The largest absolute Gasteiger partial charge is 0.393 e. The van der Waals surface area contributed by atoms with Crippen LogP contribution in [0.3, 0.4) is 0 Å². The summed E-state index contributed by atoms with van der Waals surface area (Å²) in [5, 5.41) is 31.3. The van der Waals surface area contributed by atoms with Crippen molar-refractivity contribution in [2.45, 2.75) is 82.3 Å². The summed E-state index contributed by atoms with van der Waals surface area (Å²) in [5.74, 6) is 1.09. The molecular formula is C21H32O6. The molecule has 2 saturated heterocycles. The predicted molar refractivity (Wildman–Crippen MR) is 96.7 cm³/mol. The van der Waals surface area contributed by atoms with E-state index in [1.165, 1.54) is 0 Å². The van der Waals surface area contributed by atoms with Crippen LogP contribution in [0.25, 0.3) is 0 Å². The molecule has 5 aliphatic rings. The lowest BCUT2D eigenvalue weighted by Crippen LogP contribution is -2.61. The van der Waals surface area contributed by atoms with E-state index in [1.54, 1.807) is 0 Å². The van der Waals surface area contributed by atoms with E-state index in [1.807, 2.05) is 0 Å². The van der Waals surface area contributed by atoms with Crippen molar-refractivity contribution in [3.63, 3.8) is 0 Å². The lowest BCUT2D eigenvalue weighted by atomic mass is 9.52. The van der Waals surface area contributed by atoms with E-state index in [4.69, 9.17) is 14.2 Å². The second kappa shape index (κ2) is 6.25. The third-order valence-corrected chi connectivity index (χ3v) is 8.35. The van der Waals surface area contributed by atoms with Gasteiger partial charge in [0, 0.05) is 11.3 Å². The molecule has 3 aliphatic carbocycles. The van der Waals surface area contributed by atoms with Gasteiger partial charge < -0.3 is 29.5 Å². The van der Waals surface area contributed by atoms with Gasteiger partial charge in [-0.25, -0.2) is 0 Å². The Labute approximate surface area is 160 Å². The van der Waals surface area contributed by atoms with Crippen LogP contribution in [0.1, 0.15) is 46.0 Å². The summed E-state index contributed by atoms with van der Waals surface area (Å²) in [5.41, 5.74) is -0.0854. The molecule has 6 heteroatoms. The zero-order chi connectivity index (χ0) is 19.0. The van der Waals surface area contributed by atoms with Gasteiger partial charge in [0.15, 0.2) is 6.29 Å². The minimum absolute atomic E-state index is 0.143. The van der Waals surface area contributed by atoms with Gasteiger partial charge in [-0.3, -0.25) is 0 Å². The van der Waals surface area contributed by atoms with Gasteiger partial charge in [-0.05, 0) is 49.5 Å². The number of hydrogen-bond donors (Lipinski definition) is 3. The van der Waals surface area contributed by atoms with Gasteiger partial charge in [-0.1, -0.05) is 19.9 Å². The third-order valence-electron chi connectivity index (χ3n) is 8.35. The van der Waals surface area contributed by atoms with Crippen LogP contribution in [0, 0.1) is 23.2 Å². The monoisotopic (exact) mass is 380 g/mol. The average molecular weight is 380 g/mol. The Morgan fingerprint density at radius 2 is 2.00 bits per heavy atom. The maximum atomic E-state index is 11.8. The zero-order valence-corrected chi connectivity index (χ0v) is 16.2. The normalized spacial score (nSPS) is 51.6. The van der Waals surface area contributed by atoms with Gasteiger partial charge >= 0.3 is 0 Å². The highest BCUT2D eigenvalue weighted by atomic mass is 16.7. The molecule has 3 N–H and O–H groups in total. The van der Waals surface area contributed by atoms with Gasteiger partial charge in [0.2, 0.25) is 0 Å². The molecule has 0 aromatic carbocycles. The van der Waals surface area contributed by atoms with Crippen LogP contribution < -0.4 is 0 Å². The predicted octanol–water partition coefficient (Wildman–Crippen LogP) is 1.37. The van der Waals surface area contributed by atoms with Crippen LogP contribution in [0.4, 0.5) is 0 Å². The van der Waals surface area contributed by atoms with Crippen molar-refractivity contribution in [1.82, 2.24) is 0 Å². The number of aliphatic hydroxyl groups is 3. The molecule has 152 valence electrons. The van der Waals surface area contributed by atoms with E-state index >= 15 is 0 Å². The Bertz CT molecular complexity index is 632. The number of rotatable bonds is 2. The molecule has 0 aromatic heterocycles. The van der Waals surface area contributed by atoms with E-state index in [0.717, 1.165) is 44.3 Å². The number of hydrogen-bond acceptors (Lipinski definition) is 6. The number of allylic oxidation sites excluding steroid dienone is 1. The van der Waals surface area contributed by atoms with Crippen LogP contribution in [0.5, 0.6) is 0 Å². The highest BCUT2D eigenvalue weighted by molar-refractivity contribution is 5.30. The molecule has 0 aromatic rings. The van der Waals surface area contributed by atoms with E-state index in [2.05, 4.69) is 19.9 Å². The van der Waals surface area contributed by atoms with Crippen molar-refractivity contribution in [3.05, 3.63) is 11.6 Å². The van der Waals surface area contributed by atoms with Gasteiger partial charge in [0.25, 0.3) is 0 Å². The van der Waals surface area contributed by atoms with Crippen LogP contribution >= 0.6 is 0 Å². The first kappa shape index (κ1) is 18.5. The number of fused-ring (bicyclic) bond motifs is 8. The molecule has 5 rings (SSSR count). The molecule has 0 spiro atoms. The van der Waals surface area contributed by atoms with Crippen molar-refractivity contribution in [2.24, 2.45) is 23.2 Å². The molecule has 27 heavy (non-hydrogen) atoms. The van der Waals surface area contributed by atoms with Gasteiger partial charge in [-0.2, -0.15) is 0 Å². The van der Waals surface area contributed by atoms with Crippen LogP contribution in [-0.4, -0.2) is 64.8 Å². The lowest BCUT2D eigenvalue weighted by molar-refractivity contribution is -0.210. The molecule has 2 heterocycles. The Hall–Kier alpha value is -0.500. The van der Waals surface area contributed by atoms with Gasteiger partial charge in [-0.15, -0.1) is 0 Å². The summed E-state index contributed by atoms with van der Waals surface area (Å²) < 4.78 is 18.3. The fourth-order valence-corrected chi connectivity index (χ4v) is 6.48. The fourth-order valence-electron chi connectivity index (χ4n) is 6.48. The zero-order valence-electron chi connectivity index (χ0n) is 16.2. The first-order valence-corrected chi connectivity index (χ1v) is 10.5. The van der Waals surface area contributed by atoms with Crippen molar-refractivity contribution in [1.29, 1.82) is 0 Å². The molecule has 2 aliphatic heterocycles. The Morgan fingerprint density at radius 1 is 1.19 bits per heavy atom. The Kier molecular flexibility index (Phi) is 4.29. The molecule has 9 atom stereocenters. The Morgan fingerprint density at radius 3 is 2.70 bits per heavy atom. The fraction of sp³-hybridized carbons (Fsp3) is 0.905. The number of ether oxygens (including phenoxy) is 3. The van der Waals surface area contributed by atoms with Crippen LogP contribution in [0.2, 0.25) is 0 Å². The van der Waals surface area contributed by atoms with Crippen molar-refractivity contribution < 1.29 is 29.5 Å². The van der Waals surface area contributed by atoms with E-state index in [9.17, 15) is 15.3 Å². The van der Waals surface area contributed by atoms with E-state index in [-0.39, 0.29) is 24.7 Å². The second-order valence-corrected chi connectivity index (χ2v) is 9.78. The first-order valence-electron chi connectivity index (χ1n) is 10.5. The summed E-state index contributed by atoms with van der Waals surface area (Å²) in [6.07, 6.45) is 4.62. The smallest absolute Gasteiger partial charge is 0.187 e. The van der Waals surface area contributed by atoms with E-state index in [0.29, 0.717) is 17.9 Å². The lowest BCUT2D eigenvalue weighted by Gasteiger charge is -2.58. The van der Waals surface area contributed by atoms with Gasteiger partial charge in [0.05, 0.1) is 31.0 Å². The highest BCUT2D eigenvalue weighted by Gasteiger charge is 2.61. The minimum atomic E-state index is -1.05. The first-order chi connectivity index (χ1) is 12.9. The maximum Gasteiger partial charge on any atom is 0.187 e. The highest BCUT2D eigenvalue weighted by Crippen LogP contribution is 2.59. The summed E-state index contributed by atoms with van der Waals surface area (Å²) >= 11 is 0. The quantitative estimate of drug-likeness (QED) is 0.627. The molecular weight excluding hydrogens is 348 g/mol. The van der Waals surface area contributed by atoms with Gasteiger partial charge in [0.1, 0.15) is 12.2 Å². The van der Waals surface area contributed by atoms with Crippen molar-refractivity contribution in [2.75, 3.05) is 13.2 Å². The second-order valence-electron chi connectivity index (χ2n) is 9.78. The topological polar surface area (TPSA) is 88.4 Å². The summed E-state index contributed by atoms with van der Waals surface area (Å²) in [6, 6.07) is 0. The average Bonchev–Trinajstić information content (AvgIpc) is 3.02. The summed E-state index contributed by atoms with van der Waals surface area (Å²) in [7, 11) is 0. The van der Waals surface area contributed by atoms with Crippen LogP contribution in [0.15, 0.2) is 11.6 Å². The molecule has 4 fully saturated rings. The molecule has 0 radical (unpaired) electrons. The molecule has 2 saturated carbocycles. The molecule has 9 unspecified atom stereocenters. The summed E-state index contributed by atoms with van der Waals surface area (Å²) in [6.45, 7) is 4.62. The number of aliphatic hydroxyl groups excluding tert-OH is 2. The standard InChI is InChI=1S/C21H32O6/c1-20(2)14-4-3-7-21(20,24)8-12-11(5-6-16-13(12)10-25-16)17-18(14)27-19(26-17)15(23)9-22/h4,11-13,15-19,22-24H,3,5-10H2,1-2H3. The molecule has 0 amide bonds. The maximum absolute atomic E-state index is 11.8. The minimum Gasteiger partial charge on any atom is -0.393 e. The third kappa shape index (κ3) is 2.54. The van der Waals surface area contributed by atoms with Crippen molar-refractivity contribution in [3.8, 4) is 0 Å². The van der Waals surface area contributed by atoms with E-state index < -0.39 is 23.4 Å². The SMILES string of the molecule is CC1(C)C2=CCCC1(O)CC1C3COC3CCC1C1OC(C(O)CO)OC21.